The number of nitrogens with zero attached hydrogens (tertiary/aromatic N) is 3. The van der Waals surface area contributed by atoms with Gasteiger partial charge in [0.25, 0.3) is 0 Å². The lowest BCUT2D eigenvalue weighted by Gasteiger charge is -2.39. The maximum atomic E-state index is 14.0. The highest BCUT2D eigenvalue weighted by atomic mass is 35.5. The second kappa shape index (κ2) is 8.92. The molecule has 0 saturated carbocycles. The van der Waals surface area contributed by atoms with Crippen molar-refractivity contribution >= 4 is 29.2 Å². The van der Waals surface area contributed by atoms with Crippen LogP contribution >= 0.6 is 23.4 Å². The van der Waals surface area contributed by atoms with Crippen LogP contribution in [0.4, 0.5) is 4.39 Å². The summed E-state index contributed by atoms with van der Waals surface area (Å²) >= 11 is 7.89. The molecule has 0 aliphatic carbocycles. The SMILES string of the molecule is N/C(CCN1CCN(C2Cc3cc(Cl)ccc3Sc3cc(F)ccc32)CC1)=N/O. The zero-order valence-corrected chi connectivity index (χ0v) is 17.6. The fraction of sp³-hybridized carbons (Fsp3) is 0.381. The Hall–Kier alpha value is -1.80. The van der Waals surface area contributed by atoms with Crippen LogP contribution in [0.5, 0.6) is 0 Å². The van der Waals surface area contributed by atoms with Crippen molar-refractivity contribution in [2.24, 2.45) is 10.9 Å². The van der Waals surface area contributed by atoms with Crippen LogP contribution in [0.1, 0.15) is 23.6 Å². The topological polar surface area (TPSA) is 65.1 Å². The van der Waals surface area contributed by atoms with Gasteiger partial charge in [-0.15, -0.1) is 0 Å². The smallest absolute Gasteiger partial charge is 0.140 e. The predicted octanol–water partition coefficient (Wildman–Crippen LogP) is 3.98. The Bertz CT molecular complexity index is 918. The minimum Gasteiger partial charge on any atom is -0.409 e. The number of hydrogen-bond acceptors (Lipinski definition) is 5. The van der Waals surface area contributed by atoms with Gasteiger partial charge in [0.2, 0.25) is 0 Å². The largest absolute Gasteiger partial charge is 0.409 e. The minimum atomic E-state index is -0.208. The van der Waals surface area contributed by atoms with Crippen molar-refractivity contribution < 1.29 is 9.60 Å². The molecule has 29 heavy (non-hydrogen) atoms. The van der Waals surface area contributed by atoms with E-state index in [4.69, 9.17) is 22.5 Å². The Morgan fingerprint density at radius 3 is 2.72 bits per heavy atom. The highest BCUT2D eigenvalue weighted by molar-refractivity contribution is 7.99. The van der Waals surface area contributed by atoms with Gasteiger partial charge in [-0.05, 0) is 47.9 Å². The molecule has 1 fully saturated rings. The number of oxime groups is 1. The van der Waals surface area contributed by atoms with Crippen LogP contribution in [-0.2, 0) is 6.42 Å². The van der Waals surface area contributed by atoms with E-state index in [1.807, 2.05) is 24.3 Å². The van der Waals surface area contributed by atoms with Gasteiger partial charge in [-0.25, -0.2) is 4.39 Å². The molecule has 0 bridgehead atoms. The van der Waals surface area contributed by atoms with Gasteiger partial charge in [-0.1, -0.05) is 34.6 Å². The third kappa shape index (κ3) is 4.69. The van der Waals surface area contributed by atoms with E-state index in [-0.39, 0.29) is 17.7 Å². The van der Waals surface area contributed by atoms with Crippen LogP contribution in [0, 0.1) is 5.82 Å². The average Bonchev–Trinajstić information content (AvgIpc) is 2.88. The summed E-state index contributed by atoms with van der Waals surface area (Å²) in [5.41, 5.74) is 7.98. The van der Waals surface area contributed by atoms with Gasteiger partial charge < -0.3 is 15.8 Å². The molecular formula is C21H24ClFN4OS. The normalized spacial score (nSPS) is 20.8. The van der Waals surface area contributed by atoms with E-state index in [2.05, 4.69) is 15.0 Å². The van der Waals surface area contributed by atoms with Crippen molar-refractivity contribution in [3.63, 3.8) is 0 Å². The molecule has 2 heterocycles. The highest BCUT2D eigenvalue weighted by Gasteiger charge is 2.30. The summed E-state index contributed by atoms with van der Waals surface area (Å²) in [4.78, 5) is 6.93. The van der Waals surface area contributed by atoms with Crippen molar-refractivity contribution in [2.45, 2.75) is 28.7 Å². The Balaban J connectivity index is 1.55. The number of hydrogen-bond donors (Lipinski definition) is 2. The van der Waals surface area contributed by atoms with Crippen LogP contribution in [0.25, 0.3) is 0 Å². The van der Waals surface area contributed by atoms with E-state index in [0.717, 1.165) is 54.0 Å². The van der Waals surface area contributed by atoms with Crippen LogP contribution in [-0.4, -0.2) is 53.6 Å². The molecule has 0 amide bonds. The Morgan fingerprint density at radius 1 is 1.17 bits per heavy atom. The molecule has 4 rings (SSSR count). The van der Waals surface area contributed by atoms with E-state index >= 15 is 0 Å². The van der Waals surface area contributed by atoms with Crippen LogP contribution in [0.15, 0.2) is 51.3 Å². The quantitative estimate of drug-likeness (QED) is 0.330. The first-order chi connectivity index (χ1) is 14.0. The lowest BCUT2D eigenvalue weighted by Crippen LogP contribution is -2.48. The number of rotatable bonds is 4. The van der Waals surface area contributed by atoms with Crippen molar-refractivity contribution in [3.05, 3.63) is 58.4 Å². The molecule has 1 saturated heterocycles. The summed E-state index contributed by atoms with van der Waals surface area (Å²) in [6.07, 6.45) is 1.41. The maximum Gasteiger partial charge on any atom is 0.140 e. The van der Waals surface area contributed by atoms with Crippen LogP contribution in [0.2, 0.25) is 5.02 Å². The van der Waals surface area contributed by atoms with E-state index in [0.29, 0.717) is 6.42 Å². The third-order valence-corrected chi connectivity index (χ3v) is 7.08. The lowest BCUT2D eigenvalue weighted by molar-refractivity contribution is 0.0959. The number of halogens is 2. The van der Waals surface area contributed by atoms with Gasteiger partial charge in [0.05, 0.1) is 0 Å². The van der Waals surface area contributed by atoms with Crippen molar-refractivity contribution in [1.29, 1.82) is 0 Å². The molecule has 5 nitrogen and oxygen atoms in total. The summed E-state index contributed by atoms with van der Waals surface area (Å²) < 4.78 is 14.0. The predicted molar refractivity (Wildman–Crippen MR) is 114 cm³/mol. The van der Waals surface area contributed by atoms with E-state index in [9.17, 15) is 4.39 Å². The first-order valence-corrected chi connectivity index (χ1v) is 10.9. The Morgan fingerprint density at radius 2 is 1.97 bits per heavy atom. The third-order valence-electron chi connectivity index (χ3n) is 5.65. The molecule has 2 aliphatic heterocycles. The number of benzene rings is 2. The van der Waals surface area contributed by atoms with E-state index in [1.54, 1.807) is 23.9 Å². The van der Waals surface area contributed by atoms with Gasteiger partial charge in [0, 0.05) is 60.0 Å². The summed E-state index contributed by atoms with van der Waals surface area (Å²) in [5.74, 6) is 0.0537. The molecule has 1 atom stereocenters. The van der Waals surface area contributed by atoms with Crippen molar-refractivity contribution in [3.8, 4) is 0 Å². The monoisotopic (exact) mass is 434 g/mol. The Kier molecular flexibility index (Phi) is 6.29. The fourth-order valence-corrected chi connectivity index (χ4v) is 5.40. The molecule has 0 spiro atoms. The zero-order valence-electron chi connectivity index (χ0n) is 16.0. The lowest BCUT2D eigenvalue weighted by atomic mass is 9.96. The maximum absolute atomic E-state index is 14.0. The molecular weight excluding hydrogens is 411 g/mol. The van der Waals surface area contributed by atoms with E-state index < -0.39 is 0 Å². The molecule has 3 N–H and O–H groups in total. The average molecular weight is 435 g/mol. The van der Waals surface area contributed by atoms with Gasteiger partial charge in [-0.2, -0.15) is 0 Å². The first kappa shape index (κ1) is 20.5. The summed E-state index contributed by atoms with van der Waals surface area (Å²) in [6, 6.07) is 11.3. The summed E-state index contributed by atoms with van der Waals surface area (Å²) in [5, 5.41) is 12.5. The fourth-order valence-electron chi connectivity index (χ4n) is 4.06. The number of nitrogens with two attached hydrogens (primary N) is 1. The summed E-state index contributed by atoms with van der Waals surface area (Å²) in [6.45, 7) is 4.45. The molecule has 0 aromatic heterocycles. The van der Waals surface area contributed by atoms with Crippen molar-refractivity contribution in [2.75, 3.05) is 32.7 Å². The molecule has 8 heteroatoms. The van der Waals surface area contributed by atoms with E-state index in [1.165, 1.54) is 11.1 Å². The number of fused-ring (bicyclic) bond motifs is 2. The van der Waals surface area contributed by atoms with Crippen molar-refractivity contribution in [1.82, 2.24) is 9.80 Å². The second-order valence-electron chi connectivity index (χ2n) is 7.48. The highest BCUT2D eigenvalue weighted by Crippen LogP contribution is 2.43. The van der Waals surface area contributed by atoms with Crippen LogP contribution in [0.3, 0.4) is 0 Å². The van der Waals surface area contributed by atoms with Gasteiger partial charge >= 0.3 is 0 Å². The molecule has 1 unspecified atom stereocenters. The zero-order chi connectivity index (χ0) is 20.4. The van der Waals surface area contributed by atoms with Crippen LogP contribution < -0.4 is 5.73 Å². The number of amidine groups is 1. The second-order valence-corrected chi connectivity index (χ2v) is 9.00. The molecule has 2 aromatic rings. The van der Waals surface area contributed by atoms with Gasteiger partial charge in [-0.3, -0.25) is 4.90 Å². The summed E-state index contributed by atoms with van der Waals surface area (Å²) in [7, 11) is 0. The molecule has 0 radical (unpaired) electrons. The molecule has 2 aliphatic rings. The van der Waals surface area contributed by atoms with Gasteiger partial charge in [0.1, 0.15) is 11.7 Å². The number of piperazine rings is 1. The first-order valence-electron chi connectivity index (χ1n) is 9.72. The minimum absolute atomic E-state index is 0.184. The molecule has 154 valence electrons. The standard InChI is InChI=1S/C21H24ClFN4OS/c22-15-1-4-19-14(11-15)12-18(17-3-2-16(23)13-20(17)29-19)27-9-7-26(8-10-27)6-5-21(24)25-28/h1-4,11,13,18,28H,5-10,12H2,(H2,24,25). The Labute approximate surface area is 179 Å². The van der Waals surface area contributed by atoms with Gasteiger partial charge in [0.15, 0.2) is 0 Å². The molecule has 2 aromatic carbocycles.